The molecular formula is C16H19N3O3. The van der Waals surface area contributed by atoms with Crippen LogP contribution in [0.5, 0.6) is 5.75 Å². The molecular weight excluding hydrogens is 282 g/mol. The van der Waals surface area contributed by atoms with Gasteiger partial charge in [0.15, 0.2) is 0 Å². The van der Waals surface area contributed by atoms with Crippen molar-refractivity contribution in [2.24, 2.45) is 5.92 Å². The molecule has 6 nitrogen and oxygen atoms in total. The molecule has 0 bridgehead atoms. The second-order valence-corrected chi connectivity index (χ2v) is 5.39. The van der Waals surface area contributed by atoms with Crippen LogP contribution < -0.4 is 5.32 Å². The summed E-state index contributed by atoms with van der Waals surface area (Å²) in [5, 5.41) is 21.0. The summed E-state index contributed by atoms with van der Waals surface area (Å²) in [5.41, 5.74) is 0.268. The second-order valence-electron chi connectivity index (χ2n) is 5.39. The summed E-state index contributed by atoms with van der Waals surface area (Å²) in [6.45, 7) is 1.77. The van der Waals surface area contributed by atoms with E-state index in [9.17, 15) is 14.7 Å². The summed E-state index contributed by atoms with van der Waals surface area (Å²) in [6.07, 6.45) is 1.53. The first kappa shape index (κ1) is 15.8. The third-order valence-corrected chi connectivity index (χ3v) is 3.90. The number of piperidine rings is 1. The number of para-hydroxylation sites is 1. The van der Waals surface area contributed by atoms with Crippen molar-refractivity contribution in [1.29, 1.82) is 5.26 Å². The maximum absolute atomic E-state index is 12.0. The fourth-order valence-corrected chi connectivity index (χ4v) is 2.56. The molecule has 1 saturated heterocycles. The Kier molecular flexibility index (Phi) is 5.37. The number of phenolic OH excluding ortho intramolecular Hbond substituents is 1. The standard InChI is InChI=1S/C16H19N3O3/c17-8-5-15(21)19-9-6-12(7-10-19)11-18-16(22)13-3-1-2-4-14(13)20/h1-4,12,20H,5-7,9-11H2,(H,18,22). The Morgan fingerprint density at radius 2 is 2.00 bits per heavy atom. The predicted molar refractivity (Wildman–Crippen MR) is 80.0 cm³/mol. The highest BCUT2D eigenvalue weighted by atomic mass is 16.3. The fraction of sp³-hybridized carbons (Fsp3) is 0.438. The summed E-state index contributed by atoms with van der Waals surface area (Å²) in [7, 11) is 0. The average molecular weight is 301 g/mol. The molecule has 2 rings (SSSR count). The molecule has 1 aliphatic heterocycles. The van der Waals surface area contributed by atoms with Gasteiger partial charge in [0.1, 0.15) is 12.2 Å². The average Bonchev–Trinajstić information content (AvgIpc) is 2.54. The van der Waals surface area contributed by atoms with Crippen LogP contribution in [0.3, 0.4) is 0 Å². The van der Waals surface area contributed by atoms with Gasteiger partial charge in [-0.15, -0.1) is 0 Å². The van der Waals surface area contributed by atoms with Gasteiger partial charge in [-0.2, -0.15) is 5.26 Å². The number of hydrogen-bond acceptors (Lipinski definition) is 4. The number of likely N-dealkylation sites (tertiary alicyclic amines) is 1. The number of amides is 2. The molecule has 0 unspecified atom stereocenters. The highest BCUT2D eigenvalue weighted by Gasteiger charge is 2.23. The zero-order valence-electron chi connectivity index (χ0n) is 12.3. The van der Waals surface area contributed by atoms with Gasteiger partial charge < -0.3 is 15.3 Å². The van der Waals surface area contributed by atoms with Crippen molar-refractivity contribution in [2.45, 2.75) is 19.3 Å². The van der Waals surface area contributed by atoms with Crippen LogP contribution in [0.4, 0.5) is 0 Å². The molecule has 22 heavy (non-hydrogen) atoms. The van der Waals surface area contributed by atoms with Crippen LogP contribution in [-0.2, 0) is 4.79 Å². The topological polar surface area (TPSA) is 93.4 Å². The van der Waals surface area contributed by atoms with Crippen molar-refractivity contribution in [2.75, 3.05) is 19.6 Å². The Labute approximate surface area is 129 Å². The van der Waals surface area contributed by atoms with Gasteiger partial charge in [-0.3, -0.25) is 9.59 Å². The van der Waals surface area contributed by atoms with E-state index in [1.54, 1.807) is 23.1 Å². The lowest BCUT2D eigenvalue weighted by molar-refractivity contribution is -0.131. The second kappa shape index (κ2) is 7.46. The van der Waals surface area contributed by atoms with Gasteiger partial charge >= 0.3 is 0 Å². The zero-order valence-corrected chi connectivity index (χ0v) is 12.3. The minimum absolute atomic E-state index is 0.0306. The first-order chi connectivity index (χ1) is 10.6. The summed E-state index contributed by atoms with van der Waals surface area (Å²) >= 11 is 0. The summed E-state index contributed by atoms with van der Waals surface area (Å²) in [6, 6.07) is 8.29. The molecule has 116 valence electrons. The van der Waals surface area contributed by atoms with Crippen LogP contribution in [0.25, 0.3) is 0 Å². The predicted octanol–water partition coefficient (Wildman–Crippen LogP) is 1.27. The SMILES string of the molecule is N#CCC(=O)N1CCC(CNC(=O)c2ccccc2O)CC1. The lowest BCUT2D eigenvalue weighted by Gasteiger charge is -2.31. The molecule has 1 heterocycles. The van der Waals surface area contributed by atoms with Crippen molar-refractivity contribution < 1.29 is 14.7 Å². The highest BCUT2D eigenvalue weighted by Crippen LogP contribution is 2.18. The van der Waals surface area contributed by atoms with Gasteiger partial charge in [-0.05, 0) is 30.9 Å². The first-order valence-corrected chi connectivity index (χ1v) is 7.32. The van der Waals surface area contributed by atoms with E-state index in [0.29, 0.717) is 25.6 Å². The molecule has 0 atom stereocenters. The molecule has 0 radical (unpaired) electrons. The minimum atomic E-state index is -0.291. The lowest BCUT2D eigenvalue weighted by Crippen LogP contribution is -2.41. The molecule has 1 aromatic carbocycles. The number of carbonyl (C=O) groups excluding carboxylic acids is 2. The Hall–Kier alpha value is -2.55. The van der Waals surface area contributed by atoms with E-state index in [-0.39, 0.29) is 29.5 Å². The maximum atomic E-state index is 12.0. The molecule has 2 amide bonds. The van der Waals surface area contributed by atoms with Gasteiger partial charge in [0, 0.05) is 19.6 Å². The summed E-state index contributed by atoms with van der Waals surface area (Å²) < 4.78 is 0. The number of benzene rings is 1. The Morgan fingerprint density at radius 3 is 2.64 bits per heavy atom. The normalized spacial score (nSPS) is 15.1. The molecule has 0 aromatic heterocycles. The summed E-state index contributed by atoms with van der Waals surface area (Å²) in [4.78, 5) is 25.3. The molecule has 2 N–H and O–H groups in total. The van der Waals surface area contributed by atoms with Crippen molar-refractivity contribution in [3.05, 3.63) is 29.8 Å². The van der Waals surface area contributed by atoms with Crippen LogP contribution in [-0.4, -0.2) is 41.5 Å². The van der Waals surface area contributed by atoms with E-state index < -0.39 is 0 Å². The lowest BCUT2D eigenvalue weighted by atomic mass is 9.96. The number of phenols is 1. The van der Waals surface area contributed by atoms with E-state index in [1.165, 1.54) is 6.07 Å². The van der Waals surface area contributed by atoms with Gasteiger partial charge in [-0.25, -0.2) is 0 Å². The summed E-state index contributed by atoms with van der Waals surface area (Å²) in [5.74, 6) is -0.141. The molecule has 0 saturated carbocycles. The molecule has 6 heteroatoms. The van der Waals surface area contributed by atoms with E-state index in [0.717, 1.165) is 12.8 Å². The van der Waals surface area contributed by atoms with E-state index in [4.69, 9.17) is 5.26 Å². The quantitative estimate of drug-likeness (QED) is 0.876. The highest BCUT2D eigenvalue weighted by molar-refractivity contribution is 5.96. The Morgan fingerprint density at radius 1 is 1.32 bits per heavy atom. The zero-order chi connectivity index (χ0) is 15.9. The van der Waals surface area contributed by atoms with Crippen LogP contribution in [0.15, 0.2) is 24.3 Å². The minimum Gasteiger partial charge on any atom is -0.507 e. The number of hydrogen-bond donors (Lipinski definition) is 2. The third kappa shape index (κ3) is 3.98. The number of nitrogens with one attached hydrogen (secondary N) is 1. The number of nitriles is 1. The Bertz CT molecular complexity index is 587. The number of aromatic hydroxyl groups is 1. The van der Waals surface area contributed by atoms with E-state index in [1.807, 2.05) is 6.07 Å². The van der Waals surface area contributed by atoms with Crippen LogP contribution in [0.1, 0.15) is 29.6 Å². The van der Waals surface area contributed by atoms with E-state index in [2.05, 4.69) is 5.32 Å². The van der Waals surface area contributed by atoms with Crippen molar-refractivity contribution in [3.8, 4) is 11.8 Å². The first-order valence-electron chi connectivity index (χ1n) is 7.32. The monoisotopic (exact) mass is 301 g/mol. The van der Waals surface area contributed by atoms with Gasteiger partial charge in [0.2, 0.25) is 5.91 Å². The maximum Gasteiger partial charge on any atom is 0.255 e. The van der Waals surface area contributed by atoms with Crippen molar-refractivity contribution in [1.82, 2.24) is 10.2 Å². The molecule has 0 aliphatic carbocycles. The third-order valence-electron chi connectivity index (χ3n) is 3.90. The van der Waals surface area contributed by atoms with Crippen molar-refractivity contribution >= 4 is 11.8 Å². The number of nitrogens with zero attached hydrogens (tertiary/aromatic N) is 2. The van der Waals surface area contributed by atoms with Crippen LogP contribution in [0.2, 0.25) is 0 Å². The van der Waals surface area contributed by atoms with E-state index >= 15 is 0 Å². The van der Waals surface area contributed by atoms with Crippen LogP contribution in [0, 0.1) is 17.2 Å². The van der Waals surface area contributed by atoms with Gasteiger partial charge in [0.05, 0.1) is 11.6 Å². The molecule has 1 aromatic rings. The van der Waals surface area contributed by atoms with Gasteiger partial charge in [0.25, 0.3) is 5.91 Å². The number of rotatable bonds is 4. The van der Waals surface area contributed by atoms with Crippen molar-refractivity contribution in [3.63, 3.8) is 0 Å². The van der Waals surface area contributed by atoms with Crippen LogP contribution >= 0.6 is 0 Å². The fourth-order valence-electron chi connectivity index (χ4n) is 2.56. The largest absolute Gasteiger partial charge is 0.507 e. The Balaban J connectivity index is 1.78. The number of carbonyl (C=O) groups is 2. The molecule has 1 aliphatic rings. The molecule has 1 fully saturated rings. The smallest absolute Gasteiger partial charge is 0.255 e. The molecule has 0 spiro atoms. The van der Waals surface area contributed by atoms with Gasteiger partial charge in [-0.1, -0.05) is 12.1 Å².